The molecule has 27 heavy (non-hydrogen) atoms. The van der Waals surface area contributed by atoms with Gasteiger partial charge in [-0.2, -0.15) is 0 Å². The number of anilines is 1. The van der Waals surface area contributed by atoms with Crippen LogP contribution in [-0.4, -0.2) is 12.5 Å². The largest absolute Gasteiger partial charge is 0.494 e. The fourth-order valence-corrected chi connectivity index (χ4v) is 2.73. The van der Waals surface area contributed by atoms with Crippen molar-refractivity contribution >= 4 is 23.2 Å². The topological polar surface area (TPSA) is 47.6 Å². The van der Waals surface area contributed by atoms with Gasteiger partial charge in [0.15, 0.2) is 0 Å². The Morgan fingerprint density at radius 2 is 1.67 bits per heavy atom. The van der Waals surface area contributed by atoms with Gasteiger partial charge < -0.3 is 14.8 Å². The van der Waals surface area contributed by atoms with Gasteiger partial charge >= 0.3 is 0 Å². The molecule has 0 saturated carbocycles. The lowest BCUT2D eigenvalue weighted by Crippen LogP contribution is -2.12. The summed E-state index contributed by atoms with van der Waals surface area (Å²) in [5, 5.41) is 3.52. The number of carbonyl (C=O) groups excluding carboxylic acids is 1. The Morgan fingerprint density at radius 3 is 2.44 bits per heavy atom. The number of ether oxygens (including phenoxy) is 2. The van der Waals surface area contributed by atoms with Gasteiger partial charge in [0.2, 0.25) is 0 Å². The van der Waals surface area contributed by atoms with E-state index in [1.54, 1.807) is 24.3 Å². The predicted octanol–water partition coefficient (Wildman–Crippen LogP) is 5.57. The number of amides is 1. The first-order valence-corrected chi connectivity index (χ1v) is 9.04. The van der Waals surface area contributed by atoms with Crippen molar-refractivity contribution in [3.63, 3.8) is 0 Å². The molecule has 0 aliphatic heterocycles. The summed E-state index contributed by atoms with van der Waals surface area (Å²) < 4.78 is 11.2. The van der Waals surface area contributed by atoms with Crippen LogP contribution < -0.4 is 14.8 Å². The molecule has 0 aliphatic carbocycles. The minimum absolute atomic E-state index is 0.216. The van der Waals surface area contributed by atoms with Crippen LogP contribution in [0.3, 0.4) is 0 Å². The highest BCUT2D eigenvalue weighted by Crippen LogP contribution is 2.21. The third-order valence-corrected chi connectivity index (χ3v) is 4.22. The SMILES string of the molecule is CCOc1cccc(NC(=O)c2cccc(OCc3ccccc3Cl)c2)c1. The first kappa shape index (κ1) is 18.8. The first-order chi connectivity index (χ1) is 13.2. The summed E-state index contributed by atoms with van der Waals surface area (Å²) in [5.74, 6) is 1.10. The summed E-state index contributed by atoms with van der Waals surface area (Å²) in [4.78, 5) is 12.5. The van der Waals surface area contributed by atoms with Crippen molar-refractivity contribution in [1.29, 1.82) is 0 Å². The predicted molar refractivity (Wildman–Crippen MR) is 108 cm³/mol. The molecule has 3 aromatic carbocycles. The van der Waals surface area contributed by atoms with Crippen molar-refractivity contribution < 1.29 is 14.3 Å². The molecule has 0 atom stereocenters. The number of halogens is 1. The molecular weight excluding hydrogens is 362 g/mol. The van der Waals surface area contributed by atoms with Gasteiger partial charge in [-0.05, 0) is 43.3 Å². The van der Waals surface area contributed by atoms with Gasteiger partial charge in [-0.3, -0.25) is 4.79 Å². The maximum atomic E-state index is 12.5. The number of hydrogen-bond acceptors (Lipinski definition) is 3. The van der Waals surface area contributed by atoms with E-state index in [0.717, 1.165) is 5.56 Å². The standard InChI is InChI=1S/C22H20ClNO3/c1-2-26-20-11-6-9-18(14-20)24-22(25)16-8-5-10-19(13-16)27-15-17-7-3-4-12-21(17)23/h3-14H,2,15H2,1H3,(H,24,25). The Morgan fingerprint density at radius 1 is 0.926 bits per heavy atom. The molecule has 0 heterocycles. The van der Waals surface area contributed by atoms with E-state index < -0.39 is 0 Å². The van der Waals surface area contributed by atoms with E-state index in [1.165, 1.54) is 0 Å². The second-order valence-electron chi connectivity index (χ2n) is 5.82. The van der Waals surface area contributed by atoms with Crippen LogP contribution in [-0.2, 0) is 6.61 Å². The van der Waals surface area contributed by atoms with Crippen molar-refractivity contribution in [3.05, 3.63) is 88.9 Å². The molecule has 0 unspecified atom stereocenters. The van der Waals surface area contributed by atoms with E-state index in [-0.39, 0.29) is 5.91 Å². The third-order valence-electron chi connectivity index (χ3n) is 3.85. The van der Waals surface area contributed by atoms with E-state index in [9.17, 15) is 4.79 Å². The fourth-order valence-electron chi connectivity index (χ4n) is 2.54. The van der Waals surface area contributed by atoms with Gasteiger partial charge in [0, 0.05) is 27.9 Å². The summed E-state index contributed by atoms with van der Waals surface area (Å²) in [5.41, 5.74) is 2.07. The Bertz CT molecular complexity index is 927. The van der Waals surface area contributed by atoms with Gasteiger partial charge in [0.1, 0.15) is 18.1 Å². The minimum Gasteiger partial charge on any atom is -0.494 e. The highest BCUT2D eigenvalue weighted by Gasteiger charge is 2.09. The maximum Gasteiger partial charge on any atom is 0.255 e. The zero-order valence-corrected chi connectivity index (χ0v) is 15.7. The zero-order chi connectivity index (χ0) is 19.1. The van der Waals surface area contributed by atoms with Crippen molar-refractivity contribution in [2.45, 2.75) is 13.5 Å². The van der Waals surface area contributed by atoms with Crippen molar-refractivity contribution in [2.24, 2.45) is 0 Å². The zero-order valence-electron chi connectivity index (χ0n) is 14.9. The monoisotopic (exact) mass is 381 g/mol. The molecule has 1 N–H and O–H groups in total. The van der Waals surface area contributed by atoms with Gasteiger partial charge in [-0.25, -0.2) is 0 Å². The molecule has 3 rings (SSSR count). The lowest BCUT2D eigenvalue weighted by Gasteiger charge is -2.10. The van der Waals surface area contributed by atoms with Crippen LogP contribution in [0.1, 0.15) is 22.8 Å². The molecule has 0 radical (unpaired) electrons. The van der Waals surface area contributed by atoms with Gasteiger partial charge in [0.05, 0.1) is 6.61 Å². The second-order valence-corrected chi connectivity index (χ2v) is 6.23. The van der Waals surface area contributed by atoms with Crippen LogP contribution in [0.4, 0.5) is 5.69 Å². The van der Waals surface area contributed by atoms with E-state index in [1.807, 2.05) is 55.5 Å². The van der Waals surface area contributed by atoms with E-state index in [0.29, 0.717) is 41.0 Å². The van der Waals surface area contributed by atoms with Crippen LogP contribution in [0.2, 0.25) is 5.02 Å². The average Bonchev–Trinajstić information content (AvgIpc) is 2.68. The van der Waals surface area contributed by atoms with Crippen LogP contribution in [0.15, 0.2) is 72.8 Å². The summed E-state index contributed by atoms with van der Waals surface area (Å²) in [6, 6.07) is 21.8. The third kappa shape index (κ3) is 5.25. The summed E-state index contributed by atoms with van der Waals surface area (Å²) in [7, 11) is 0. The number of nitrogens with one attached hydrogen (secondary N) is 1. The number of hydrogen-bond donors (Lipinski definition) is 1. The highest BCUT2D eigenvalue weighted by atomic mass is 35.5. The molecule has 0 aromatic heterocycles. The Kier molecular flexibility index (Phi) is 6.34. The molecule has 0 bridgehead atoms. The van der Waals surface area contributed by atoms with Crippen LogP contribution >= 0.6 is 11.6 Å². The van der Waals surface area contributed by atoms with Crippen LogP contribution in [0.5, 0.6) is 11.5 Å². The van der Waals surface area contributed by atoms with Crippen LogP contribution in [0, 0.1) is 0 Å². The molecule has 5 heteroatoms. The Balaban J connectivity index is 1.66. The quantitative estimate of drug-likeness (QED) is 0.582. The molecule has 1 amide bonds. The molecular formula is C22H20ClNO3. The van der Waals surface area contributed by atoms with Crippen molar-refractivity contribution in [3.8, 4) is 11.5 Å². The lowest BCUT2D eigenvalue weighted by atomic mass is 10.2. The number of carbonyl (C=O) groups is 1. The Hall–Kier alpha value is -2.98. The van der Waals surface area contributed by atoms with Gasteiger partial charge in [0.25, 0.3) is 5.91 Å². The normalized spacial score (nSPS) is 10.3. The number of rotatable bonds is 7. The molecule has 4 nitrogen and oxygen atoms in total. The Labute approximate surface area is 163 Å². The molecule has 0 aliphatic rings. The molecule has 0 spiro atoms. The molecule has 0 fully saturated rings. The maximum absolute atomic E-state index is 12.5. The average molecular weight is 382 g/mol. The first-order valence-electron chi connectivity index (χ1n) is 8.66. The summed E-state index contributed by atoms with van der Waals surface area (Å²) >= 11 is 6.14. The fraction of sp³-hybridized carbons (Fsp3) is 0.136. The van der Waals surface area contributed by atoms with Crippen molar-refractivity contribution in [2.75, 3.05) is 11.9 Å². The summed E-state index contributed by atoms with van der Waals surface area (Å²) in [6.45, 7) is 2.82. The van der Waals surface area contributed by atoms with E-state index >= 15 is 0 Å². The van der Waals surface area contributed by atoms with Crippen LogP contribution in [0.25, 0.3) is 0 Å². The second kappa shape index (κ2) is 9.10. The smallest absolute Gasteiger partial charge is 0.255 e. The minimum atomic E-state index is -0.216. The molecule has 3 aromatic rings. The molecule has 138 valence electrons. The van der Waals surface area contributed by atoms with Gasteiger partial charge in [-0.1, -0.05) is 41.9 Å². The van der Waals surface area contributed by atoms with Gasteiger partial charge in [-0.15, -0.1) is 0 Å². The van der Waals surface area contributed by atoms with Crippen molar-refractivity contribution in [1.82, 2.24) is 0 Å². The number of benzene rings is 3. The molecule has 0 saturated heterocycles. The lowest BCUT2D eigenvalue weighted by molar-refractivity contribution is 0.102. The van der Waals surface area contributed by atoms with E-state index in [2.05, 4.69) is 5.32 Å². The highest BCUT2D eigenvalue weighted by molar-refractivity contribution is 6.31. The van der Waals surface area contributed by atoms with E-state index in [4.69, 9.17) is 21.1 Å². The summed E-state index contributed by atoms with van der Waals surface area (Å²) in [6.07, 6.45) is 0.